The molecule has 0 saturated heterocycles. The minimum Gasteiger partial charge on any atom is -0.462 e. The number of allylic oxidation sites excluding steroid dienone is 8. The summed E-state index contributed by atoms with van der Waals surface area (Å²) in [6.45, 7) is 6.60. The van der Waals surface area contributed by atoms with Crippen molar-refractivity contribution in [2.45, 2.75) is 297 Å². The Kier molecular flexibility index (Phi) is 51.8. The second-order valence-electron chi connectivity index (χ2n) is 18.8. The predicted molar refractivity (Wildman–Crippen MR) is 279 cm³/mol. The van der Waals surface area contributed by atoms with Crippen molar-refractivity contribution in [1.82, 2.24) is 0 Å². The number of hydrogen-bond acceptors (Lipinski definition) is 6. The van der Waals surface area contributed by atoms with Gasteiger partial charge >= 0.3 is 17.9 Å². The van der Waals surface area contributed by atoms with Crippen molar-refractivity contribution in [3.8, 4) is 0 Å². The van der Waals surface area contributed by atoms with Gasteiger partial charge in [0.1, 0.15) is 13.2 Å². The summed E-state index contributed by atoms with van der Waals surface area (Å²) in [6.07, 6.45) is 65.2. The summed E-state index contributed by atoms with van der Waals surface area (Å²) in [6, 6.07) is 0. The SMILES string of the molecule is CCCCC/C=C\C/C=C\C/C=C\CCCCC(=O)O[C@@H](COC(=O)CCCCCCCCC/C=C\CCCCCCCC)COC(=O)CCCCCCCCCCCCCCCCC. The number of hydrogen-bond donors (Lipinski definition) is 0. The third kappa shape index (κ3) is 52.2. The van der Waals surface area contributed by atoms with Crippen LogP contribution >= 0.6 is 0 Å². The largest absolute Gasteiger partial charge is 0.462 e. The number of carbonyl (C=O) groups is 3. The van der Waals surface area contributed by atoms with Crippen LogP contribution in [0.1, 0.15) is 290 Å². The molecule has 65 heavy (non-hydrogen) atoms. The fourth-order valence-corrected chi connectivity index (χ4v) is 8.03. The fourth-order valence-electron chi connectivity index (χ4n) is 8.03. The second kappa shape index (κ2) is 54.0. The van der Waals surface area contributed by atoms with Gasteiger partial charge in [0.25, 0.3) is 0 Å². The number of esters is 3. The zero-order chi connectivity index (χ0) is 47.2. The van der Waals surface area contributed by atoms with Gasteiger partial charge in [0, 0.05) is 19.3 Å². The summed E-state index contributed by atoms with van der Waals surface area (Å²) < 4.78 is 16.8. The van der Waals surface area contributed by atoms with Crippen molar-refractivity contribution in [2.75, 3.05) is 13.2 Å². The van der Waals surface area contributed by atoms with E-state index in [4.69, 9.17) is 14.2 Å². The van der Waals surface area contributed by atoms with E-state index in [0.29, 0.717) is 19.3 Å². The molecular weight excluding hydrogens is 805 g/mol. The van der Waals surface area contributed by atoms with E-state index in [1.54, 1.807) is 0 Å². The highest BCUT2D eigenvalue weighted by molar-refractivity contribution is 5.71. The van der Waals surface area contributed by atoms with E-state index in [2.05, 4.69) is 69.4 Å². The Morgan fingerprint density at radius 1 is 0.308 bits per heavy atom. The molecule has 0 saturated carbocycles. The first kappa shape index (κ1) is 62.4. The van der Waals surface area contributed by atoms with Crippen LogP contribution in [0.25, 0.3) is 0 Å². The molecule has 0 bridgehead atoms. The lowest BCUT2D eigenvalue weighted by Gasteiger charge is -2.18. The molecule has 6 nitrogen and oxygen atoms in total. The van der Waals surface area contributed by atoms with Crippen molar-refractivity contribution in [1.29, 1.82) is 0 Å². The molecule has 0 aromatic carbocycles. The van der Waals surface area contributed by atoms with Gasteiger partial charge in [-0.3, -0.25) is 14.4 Å². The highest BCUT2D eigenvalue weighted by Crippen LogP contribution is 2.16. The van der Waals surface area contributed by atoms with Crippen LogP contribution in [0.15, 0.2) is 48.6 Å². The molecule has 0 aliphatic carbocycles. The highest BCUT2D eigenvalue weighted by Gasteiger charge is 2.19. The van der Waals surface area contributed by atoms with Gasteiger partial charge in [-0.1, -0.05) is 236 Å². The number of ether oxygens (including phenoxy) is 3. The first-order valence-electron chi connectivity index (χ1n) is 28.1. The molecule has 0 rings (SSSR count). The van der Waals surface area contributed by atoms with Crippen LogP contribution in [0.2, 0.25) is 0 Å². The van der Waals surface area contributed by atoms with Crippen LogP contribution in [0.4, 0.5) is 0 Å². The van der Waals surface area contributed by atoms with Crippen LogP contribution in [0.3, 0.4) is 0 Å². The minimum absolute atomic E-state index is 0.0869. The molecule has 0 aromatic rings. The predicted octanol–water partition coefficient (Wildman–Crippen LogP) is 18.7. The summed E-state index contributed by atoms with van der Waals surface area (Å²) in [7, 11) is 0. The van der Waals surface area contributed by atoms with Crippen LogP contribution < -0.4 is 0 Å². The molecule has 378 valence electrons. The summed E-state index contributed by atoms with van der Waals surface area (Å²) in [5, 5.41) is 0. The minimum atomic E-state index is -0.792. The van der Waals surface area contributed by atoms with Crippen molar-refractivity contribution in [3.05, 3.63) is 48.6 Å². The number of rotatable bonds is 51. The number of carbonyl (C=O) groups excluding carboxylic acids is 3. The topological polar surface area (TPSA) is 78.9 Å². The Balaban J connectivity index is 4.41. The second-order valence-corrected chi connectivity index (χ2v) is 18.8. The molecule has 0 unspecified atom stereocenters. The molecular formula is C59H106O6. The lowest BCUT2D eigenvalue weighted by Crippen LogP contribution is -2.30. The average molecular weight is 911 g/mol. The van der Waals surface area contributed by atoms with Crippen LogP contribution in [0.5, 0.6) is 0 Å². The van der Waals surface area contributed by atoms with Gasteiger partial charge in [-0.2, -0.15) is 0 Å². The third-order valence-corrected chi connectivity index (χ3v) is 12.3. The van der Waals surface area contributed by atoms with Crippen molar-refractivity contribution >= 4 is 17.9 Å². The lowest BCUT2D eigenvalue weighted by atomic mass is 10.0. The Bertz CT molecular complexity index is 1140. The smallest absolute Gasteiger partial charge is 0.306 e. The van der Waals surface area contributed by atoms with Crippen LogP contribution in [-0.4, -0.2) is 37.2 Å². The van der Waals surface area contributed by atoms with Crippen molar-refractivity contribution < 1.29 is 28.6 Å². The Morgan fingerprint density at radius 2 is 0.554 bits per heavy atom. The molecule has 0 aliphatic heterocycles. The quantitative estimate of drug-likeness (QED) is 0.0262. The molecule has 6 heteroatoms. The van der Waals surface area contributed by atoms with Gasteiger partial charge in [-0.05, 0) is 83.5 Å². The van der Waals surface area contributed by atoms with E-state index < -0.39 is 6.10 Å². The van der Waals surface area contributed by atoms with E-state index in [9.17, 15) is 14.4 Å². The zero-order valence-corrected chi connectivity index (χ0v) is 43.3. The van der Waals surface area contributed by atoms with E-state index in [-0.39, 0.29) is 37.5 Å². The monoisotopic (exact) mass is 911 g/mol. The highest BCUT2D eigenvalue weighted by atomic mass is 16.6. The molecule has 0 heterocycles. The maximum absolute atomic E-state index is 12.8. The molecule has 0 aliphatic rings. The standard InChI is InChI=1S/C59H106O6/c1-4-7-10-13-16-19-22-25-28-29-32-34-37-40-43-46-49-52-58(61)64-55-56(65-59(62)53-50-47-44-41-38-35-31-27-24-21-18-15-12-9-6-3)54-63-57(60)51-48-45-42-39-36-33-30-26-23-20-17-14-11-8-5-2/h18,21,25,27-28,31,38,41,56H,4-17,19-20,22-24,26,29-30,32-37,39-40,42-55H2,1-3H3/b21-18-,28-25-,31-27-,41-38-/t56-/m1/s1. The molecule has 0 radical (unpaired) electrons. The summed E-state index contributed by atoms with van der Waals surface area (Å²) in [4.78, 5) is 38.1. The molecule has 0 amide bonds. The van der Waals surface area contributed by atoms with Gasteiger partial charge in [0.15, 0.2) is 6.10 Å². The van der Waals surface area contributed by atoms with E-state index in [0.717, 1.165) is 64.2 Å². The van der Waals surface area contributed by atoms with E-state index >= 15 is 0 Å². The van der Waals surface area contributed by atoms with E-state index in [1.807, 2.05) is 0 Å². The van der Waals surface area contributed by atoms with Gasteiger partial charge in [-0.15, -0.1) is 0 Å². The Labute approximate surface area is 403 Å². The Morgan fingerprint density at radius 3 is 0.938 bits per heavy atom. The van der Waals surface area contributed by atoms with Gasteiger partial charge in [0.2, 0.25) is 0 Å². The van der Waals surface area contributed by atoms with Gasteiger partial charge in [-0.25, -0.2) is 0 Å². The molecule has 1 atom stereocenters. The summed E-state index contributed by atoms with van der Waals surface area (Å²) in [5.74, 6) is -0.917. The van der Waals surface area contributed by atoms with E-state index in [1.165, 1.54) is 180 Å². The normalized spacial score (nSPS) is 12.4. The van der Waals surface area contributed by atoms with Crippen molar-refractivity contribution in [2.24, 2.45) is 0 Å². The zero-order valence-electron chi connectivity index (χ0n) is 43.3. The summed E-state index contributed by atoms with van der Waals surface area (Å²) >= 11 is 0. The van der Waals surface area contributed by atoms with Crippen LogP contribution in [-0.2, 0) is 28.6 Å². The average Bonchev–Trinajstić information content (AvgIpc) is 3.30. The van der Waals surface area contributed by atoms with Crippen LogP contribution in [0, 0.1) is 0 Å². The Hall–Kier alpha value is -2.63. The molecule has 0 aromatic heterocycles. The maximum Gasteiger partial charge on any atom is 0.306 e. The first-order valence-corrected chi connectivity index (χ1v) is 28.1. The lowest BCUT2D eigenvalue weighted by molar-refractivity contribution is -0.167. The van der Waals surface area contributed by atoms with Crippen molar-refractivity contribution in [3.63, 3.8) is 0 Å². The first-order chi connectivity index (χ1) is 32.0. The molecule has 0 N–H and O–H groups in total. The van der Waals surface area contributed by atoms with Gasteiger partial charge < -0.3 is 14.2 Å². The maximum atomic E-state index is 12.8. The molecule has 0 spiro atoms. The number of unbranched alkanes of at least 4 members (excludes halogenated alkanes) is 32. The summed E-state index contributed by atoms with van der Waals surface area (Å²) in [5.41, 5.74) is 0. The molecule has 0 fully saturated rings. The fraction of sp³-hybridized carbons (Fsp3) is 0.814. The third-order valence-electron chi connectivity index (χ3n) is 12.3. The van der Waals surface area contributed by atoms with Gasteiger partial charge in [0.05, 0.1) is 0 Å².